The Labute approximate surface area is 452 Å². The third kappa shape index (κ3) is 23.7. The van der Waals surface area contributed by atoms with Crippen LogP contribution in [-0.4, -0.2) is 93.7 Å². The number of ether oxygens (including phenoxy) is 6. The van der Waals surface area contributed by atoms with E-state index in [-0.39, 0.29) is 64.9 Å². The lowest BCUT2D eigenvalue weighted by molar-refractivity contribution is -0.171. The van der Waals surface area contributed by atoms with E-state index in [1.807, 2.05) is 46.8 Å². The van der Waals surface area contributed by atoms with Crippen molar-refractivity contribution in [2.45, 2.75) is 250 Å². The van der Waals surface area contributed by atoms with E-state index in [0.717, 1.165) is 76.2 Å². The highest BCUT2D eigenvalue weighted by Gasteiger charge is 2.47. The molecule has 13 nitrogen and oxygen atoms in total. The van der Waals surface area contributed by atoms with Gasteiger partial charge >= 0.3 is 11.9 Å². The van der Waals surface area contributed by atoms with Crippen LogP contribution in [0.2, 0.25) is 0 Å². The zero-order valence-electron chi connectivity index (χ0n) is 47.2. The molecule has 3 fully saturated rings. The van der Waals surface area contributed by atoms with Crippen molar-refractivity contribution in [3.63, 3.8) is 0 Å². The number of aliphatic hydroxyl groups is 1. The standard InChI is InChI=1S/C34H54O8S.C27H44O5/c1-5-6-7-10-13-21-34(39-23-24-40-34)22-20-30-29(14-11-8-9-12-15-33(36)41-26(2)3)31(35)25-32(30)42-43(37,38)28-18-16-27(4)17-19-28;1-4-5-6-9-12-18-27(30-20-21-31-27)19-17-23-15-16-25(28)24(23)13-10-7-8-11-14-26(29)32-22(2)3/h8,11,16-19,26,29-32,35H,5-7,9-10,12-15,20-25H2,1-4H3;7,10,15-16,22-24H,4-6,8-9,11-14,17-21H2,1-3H3/b11-8-;10-7-/t29-,30-,31+,32-;23-,24-/m11/s1. The molecule has 0 spiro atoms. The monoisotopic (exact) mass is 1070 g/mol. The molecular weight excluding hydrogens is 973 g/mol. The van der Waals surface area contributed by atoms with Crippen LogP contribution in [0, 0.1) is 30.6 Å². The molecule has 4 aliphatic rings. The van der Waals surface area contributed by atoms with Gasteiger partial charge in [0.15, 0.2) is 17.4 Å². The zero-order valence-corrected chi connectivity index (χ0v) is 48.0. The van der Waals surface area contributed by atoms with Crippen molar-refractivity contribution in [3.8, 4) is 0 Å². The van der Waals surface area contributed by atoms with E-state index in [0.29, 0.717) is 65.0 Å². The summed E-state index contributed by atoms with van der Waals surface area (Å²) in [4.78, 5) is 35.9. The Balaban J connectivity index is 0.000000339. The van der Waals surface area contributed by atoms with Gasteiger partial charge in [0.2, 0.25) is 0 Å². The summed E-state index contributed by atoms with van der Waals surface area (Å²) in [6, 6.07) is 6.64. The average molecular weight is 1070 g/mol. The number of hydrogen-bond donors (Lipinski definition) is 1. The molecule has 0 amide bonds. The summed E-state index contributed by atoms with van der Waals surface area (Å²) in [5.74, 6) is -1.31. The molecule has 5 rings (SSSR count). The molecule has 1 N–H and O–H groups in total. The van der Waals surface area contributed by atoms with Gasteiger partial charge in [0.1, 0.15) is 0 Å². The summed E-state index contributed by atoms with van der Waals surface area (Å²) in [5.41, 5.74) is 0.966. The molecule has 1 aromatic carbocycles. The molecule has 2 aliphatic heterocycles. The highest BCUT2D eigenvalue weighted by atomic mass is 32.2. The van der Waals surface area contributed by atoms with Crippen molar-refractivity contribution in [1.82, 2.24) is 0 Å². The number of esters is 2. The summed E-state index contributed by atoms with van der Waals surface area (Å²) in [6.07, 6.45) is 32.7. The van der Waals surface area contributed by atoms with Crippen LogP contribution in [0.15, 0.2) is 65.6 Å². The normalized spacial score (nSPS) is 23.3. The third-order valence-corrected chi connectivity index (χ3v) is 16.3. The number of aryl methyl sites for hydroxylation is 1. The number of hydrogen-bond acceptors (Lipinski definition) is 13. The largest absolute Gasteiger partial charge is 0.463 e. The zero-order chi connectivity index (χ0) is 54.5. The first kappa shape index (κ1) is 64.3. The van der Waals surface area contributed by atoms with E-state index in [9.17, 15) is 27.9 Å². The number of aliphatic hydroxyl groups excluding tert-OH is 1. The third-order valence-electron chi connectivity index (χ3n) is 15.0. The second-order valence-electron chi connectivity index (χ2n) is 22.0. The van der Waals surface area contributed by atoms with E-state index in [4.69, 9.17) is 32.6 Å². The maximum atomic E-state index is 13.3. The number of allylic oxidation sites excluding steroid dienone is 6. The van der Waals surface area contributed by atoms with Gasteiger partial charge in [-0.15, -0.1) is 0 Å². The minimum atomic E-state index is -4.00. The van der Waals surface area contributed by atoms with Crippen molar-refractivity contribution in [3.05, 3.63) is 66.3 Å². The number of carbonyl (C=O) groups is 3. The Hall–Kier alpha value is -3.24. The van der Waals surface area contributed by atoms with Crippen LogP contribution in [-0.2, 0) is 57.1 Å². The highest BCUT2D eigenvalue weighted by molar-refractivity contribution is 7.86. The molecule has 2 saturated heterocycles. The van der Waals surface area contributed by atoms with Gasteiger partial charge in [0.25, 0.3) is 10.1 Å². The van der Waals surface area contributed by atoms with Crippen molar-refractivity contribution in [2.24, 2.45) is 23.7 Å². The fourth-order valence-electron chi connectivity index (χ4n) is 10.9. The Morgan fingerprint density at radius 1 is 0.667 bits per heavy atom. The summed E-state index contributed by atoms with van der Waals surface area (Å²) in [6.45, 7) is 16.2. The predicted octanol–water partition coefficient (Wildman–Crippen LogP) is 13.3. The maximum absolute atomic E-state index is 13.3. The number of carbonyl (C=O) groups excluding carboxylic acids is 3. The van der Waals surface area contributed by atoms with E-state index < -0.39 is 33.9 Å². The second kappa shape index (κ2) is 34.6. The van der Waals surface area contributed by atoms with Crippen molar-refractivity contribution >= 4 is 27.8 Å². The van der Waals surface area contributed by atoms with E-state index in [2.05, 4.69) is 32.1 Å². The highest BCUT2D eigenvalue weighted by Crippen LogP contribution is 2.44. The molecule has 6 atom stereocenters. The van der Waals surface area contributed by atoms with Crippen molar-refractivity contribution in [2.75, 3.05) is 26.4 Å². The van der Waals surface area contributed by atoms with Gasteiger partial charge in [0.05, 0.1) is 55.7 Å². The summed E-state index contributed by atoms with van der Waals surface area (Å²) in [5, 5.41) is 11.1. The van der Waals surface area contributed by atoms with Crippen LogP contribution >= 0.6 is 0 Å². The molecule has 0 aromatic heterocycles. The van der Waals surface area contributed by atoms with Gasteiger partial charge in [-0.3, -0.25) is 18.6 Å². The Morgan fingerprint density at radius 2 is 1.16 bits per heavy atom. The molecule has 0 radical (unpaired) electrons. The molecule has 2 aliphatic carbocycles. The lowest BCUT2D eigenvalue weighted by Crippen LogP contribution is -2.33. The van der Waals surface area contributed by atoms with Crippen LogP contribution in [0.4, 0.5) is 0 Å². The molecule has 1 saturated carbocycles. The fraction of sp³-hybridized carbons (Fsp3) is 0.754. The molecule has 2 heterocycles. The quantitative estimate of drug-likeness (QED) is 0.0295. The van der Waals surface area contributed by atoms with Crippen LogP contribution < -0.4 is 0 Å². The summed E-state index contributed by atoms with van der Waals surface area (Å²) < 4.78 is 67.2. The number of ketones is 1. The minimum absolute atomic E-state index is 0.0140. The molecule has 14 heteroatoms. The molecule has 0 unspecified atom stereocenters. The number of benzene rings is 1. The molecule has 0 bridgehead atoms. The van der Waals surface area contributed by atoms with E-state index in [1.165, 1.54) is 44.9 Å². The SMILES string of the molecule is CCCCCCCC1(CC[C@@H]2[C@@H](C/C=C\CCCC(=O)OC(C)C)[C@@H](O)C[C@H]2OS(=O)(=O)c2ccc(C)cc2)OCCO1.CCCCCCCC1(CC[C@H]2C=CC(=O)[C@@H]2C/C=C\CCCC(=O)OC(C)C)OCCO1. The summed E-state index contributed by atoms with van der Waals surface area (Å²) in [7, 11) is -4.00. The van der Waals surface area contributed by atoms with Crippen LogP contribution in [0.1, 0.15) is 208 Å². The topological polar surface area (TPSA) is 170 Å². The lowest BCUT2D eigenvalue weighted by atomic mass is 9.85. The van der Waals surface area contributed by atoms with Crippen molar-refractivity contribution < 1.29 is 60.5 Å². The van der Waals surface area contributed by atoms with Crippen LogP contribution in [0.5, 0.6) is 0 Å². The van der Waals surface area contributed by atoms with Gasteiger partial charge in [-0.05, 0) is 135 Å². The Kier molecular flexibility index (Phi) is 29.7. The molecule has 426 valence electrons. The maximum Gasteiger partial charge on any atom is 0.306 e. The smallest absolute Gasteiger partial charge is 0.306 e. The van der Waals surface area contributed by atoms with Gasteiger partial charge in [0, 0.05) is 50.9 Å². The van der Waals surface area contributed by atoms with Gasteiger partial charge in [-0.1, -0.05) is 113 Å². The van der Waals surface area contributed by atoms with Crippen LogP contribution in [0.3, 0.4) is 0 Å². The second-order valence-corrected chi connectivity index (χ2v) is 23.5. The number of rotatable bonds is 35. The van der Waals surface area contributed by atoms with Gasteiger partial charge in [-0.25, -0.2) is 0 Å². The predicted molar refractivity (Wildman–Crippen MR) is 294 cm³/mol. The Morgan fingerprint density at radius 3 is 1.67 bits per heavy atom. The molecule has 75 heavy (non-hydrogen) atoms. The average Bonchev–Trinajstić information content (AvgIpc) is 4.17. The molecule has 1 aromatic rings. The van der Waals surface area contributed by atoms with E-state index >= 15 is 0 Å². The fourth-order valence-corrected chi connectivity index (χ4v) is 12.0. The van der Waals surface area contributed by atoms with Crippen LogP contribution in [0.25, 0.3) is 0 Å². The van der Waals surface area contributed by atoms with E-state index in [1.54, 1.807) is 30.3 Å². The Bertz CT molecular complexity index is 1980. The van der Waals surface area contributed by atoms with Gasteiger partial charge in [-0.2, -0.15) is 8.42 Å². The summed E-state index contributed by atoms with van der Waals surface area (Å²) >= 11 is 0. The molecular formula is C61H98O13S. The first-order valence-corrected chi connectivity index (χ1v) is 30.6. The first-order chi connectivity index (χ1) is 36.0. The van der Waals surface area contributed by atoms with Gasteiger partial charge < -0.3 is 33.5 Å². The lowest BCUT2D eigenvalue weighted by Gasteiger charge is -2.31. The minimum Gasteiger partial charge on any atom is -0.463 e. The first-order valence-electron chi connectivity index (χ1n) is 29.2. The number of unbranched alkanes of at least 4 members (excludes halogenated alkanes) is 10. The van der Waals surface area contributed by atoms with Crippen molar-refractivity contribution in [1.29, 1.82) is 0 Å².